The van der Waals surface area contributed by atoms with Gasteiger partial charge in [0.2, 0.25) is 0 Å². The maximum atomic E-state index is 2.43. The predicted octanol–water partition coefficient (Wildman–Crippen LogP) is 11.8. The smallest absolute Gasteiger partial charge is 0.0000888 e. The summed E-state index contributed by atoms with van der Waals surface area (Å²) in [7, 11) is 0. The van der Waals surface area contributed by atoms with E-state index in [1.807, 2.05) is 0 Å². The Morgan fingerprint density at radius 2 is 0.698 bits per heavy atom. The first-order valence-electron chi connectivity index (χ1n) is 15.2. The van der Waals surface area contributed by atoms with Crippen molar-refractivity contribution in [1.29, 1.82) is 0 Å². The van der Waals surface area contributed by atoms with E-state index in [9.17, 15) is 0 Å². The number of fused-ring (bicyclic) bond motifs is 16. The van der Waals surface area contributed by atoms with Crippen molar-refractivity contribution in [3.63, 3.8) is 0 Å². The Morgan fingerprint density at radius 3 is 1.30 bits per heavy atom. The van der Waals surface area contributed by atoms with E-state index < -0.39 is 0 Å². The first-order valence-corrected chi connectivity index (χ1v) is 15.2. The van der Waals surface area contributed by atoms with Crippen LogP contribution in [-0.4, -0.2) is 0 Å². The third-order valence-electron chi connectivity index (χ3n) is 9.89. The van der Waals surface area contributed by atoms with Crippen molar-refractivity contribution in [3.05, 3.63) is 157 Å². The minimum absolute atomic E-state index is 0.941. The average Bonchev–Trinajstić information content (AvgIpc) is 3.47. The Bertz CT molecular complexity index is 2570. The summed E-state index contributed by atoms with van der Waals surface area (Å²) >= 11 is 0. The number of hydrogen-bond acceptors (Lipinski definition) is 0. The molecule has 0 unspecified atom stereocenters. The largest absolute Gasteiger partial charge is 0.0616 e. The van der Waals surface area contributed by atoms with Crippen molar-refractivity contribution >= 4 is 64.6 Å². The third-order valence-corrected chi connectivity index (χ3v) is 9.89. The van der Waals surface area contributed by atoms with Gasteiger partial charge in [-0.15, -0.1) is 0 Å². The Balaban J connectivity index is 1.23. The van der Waals surface area contributed by atoms with Crippen LogP contribution in [0.15, 0.2) is 146 Å². The Kier molecular flexibility index (Phi) is 4.59. The van der Waals surface area contributed by atoms with Gasteiger partial charge in [0.25, 0.3) is 0 Å². The van der Waals surface area contributed by atoms with Gasteiger partial charge in [0.15, 0.2) is 0 Å². The average molecular weight is 543 g/mol. The summed E-state index contributed by atoms with van der Waals surface area (Å²) in [5.74, 6) is 0. The first-order chi connectivity index (χ1) is 21.3. The van der Waals surface area contributed by atoms with E-state index in [1.165, 1.54) is 98.0 Å². The molecule has 0 heterocycles. The molecule has 0 aliphatic heterocycles. The van der Waals surface area contributed by atoms with Crippen LogP contribution in [-0.2, 0) is 6.42 Å². The lowest BCUT2D eigenvalue weighted by Gasteiger charge is -2.14. The highest BCUT2D eigenvalue weighted by Gasteiger charge is 2.25. The molecule has 0 nitrogen and oxygen atoms in total. The fraction of sp³-hybridized carbons (Fsp3) is 0.0233. The van der Waals surface area contributed by atoms with Gasteiger partial charge in [0.1, 0.15) is 0 Å². The quantitative estimate of drug-likeness (QED) is 0.181. The SMILES string of the molecule is c1cc(-c2ccc3c4ccccc4c4ccccc4c3c2)c2c(c1)-c1ccc3c4ccccc4c4ccccc4c3c1C2. The van der Waals surface area contributed by atoms with Crippen LogP contribution >= 0.6 is 0 Å². The molecule has 0 spiro atoms. The predicted molar refractivity (Wildman–Crippen MR) is 185 cm³/mol. The van der Waals surface area contributed by atoms with E-state index in [4.69, 9.17) is 0 Å². The van der Waals surface area contributed by atoms with E-state index >= 15 is 0 Å². The lowest BCUT2D eigenvalue weighted by atomic mass is 9.89. The number of benzene rings is 9. The van der Waals surface area contributed by atoms with Gasteiger partial charge in [-0.25, -0.2) is 0 Å². The molecule has 0 N–H and O–H groups in total. The molecular formula is C43H26. The molecule has 0 radical (unpaired) electrons. The summed E-state index contributed by atoms with van der Waals surface area (Å²) in [5, 5.41) is 16.0. The van der Waals surface area contributed by atoms with Crippen molar-refractivity contribution in [1.82, 2.24) is 0 Å². The standard InChI is InChI=1S/C43H26/c1-2-12-30-28(10-1)29-11-4-6-16-34(29)40-24-26(20-21-36(30)40)27-18-9-19-35-37-22-23-39-33-15-5-3-13-31(33)32-14-7-8-17-38(32)43(39)42(37)25-41(27)35/h1-24H,25H2. The summed E-state index contributed by atoms with van der Waals surface area (Å²) < 4.78 is 0. The molecule has 9 aromatic rings. The lowest BCUT2D eigenvalue weighted by Crippen LogP contribution is -1.91. The number of rotatable bonds is 1. The van der Waals surface area contributed by atoms with Gasteiger partial charge in [-0.05, 0) is 111 Å². The van der Waals surface area contributed by atoms with E-state index in [2.05, 4.69) is 146 Å². The fourth-order valence-electron chi connectivity index (χ4n) is 8.06. The second-order valence-corrected chi connectivity index (χ2v) is 12.0. The molecule has 0 bridgehead atoms. The molecule has 10 rings (SSSR count). The molecule has 43 heavy (non-hydrogen) atoms. The van der Waals surface area contributed by atoms with Gasteiger partial charge in [0, 0.05) is 0 Å². The van der Waals surface area contributed by atoms with Gasteiger partial charge in [-0.3, -0.25) is 0 Å². The van der Waals surface area contributed by atoms with Crippen molar-refractivity contribution < 1.29 is 0 Å². The maximum absolute atomic E-state index is 2.43. The molecule has 1 aliphatic carbocycles. The molecule has 1 aliphatic rings. The molecule has 0 aromatic heterocycles. The Hall–Kier alpha value is -5.46. The topological polar surface area (TPSA) is 0 Å². The highest BCUT2D eigenvalue weighted by atomic mass is 14.3. The lowest BCUT2D eigenvalue weighted by molar-refractivity contribution is 1.29. The van der Waals surface area contributed by atoms with Crippen molar-refractivity contribution in [2.24, 2.45) is 0 Å². The monoisotopic (exact) mass is 542 g/mol. The van der Waals surface area contributed by atoms with Crippen LogP contribution < -0.4 is 0 Å². The van der Waals surface area contributed by atoms with Gasteiger partial charge in [-0.1, -0.05) is 140 Å². The molecule has 0 atom stereocenters. The van der Waals surface area contributed by atoms with Crippen LogP contribution in [0.1, 0.15) is 11.1 Å². The summed E-state index contributed by atoms with van der Waals surface area (Å²) in [6.07, 6.45) is 0.941. The van der Waals surface area contributed by atoms with E-state index in [1.54, 1.807) is 0 Å². The van der Waals surface area contributed by atoms with Crippen molar-refractivity contribution in [2.45, 2.75) is 6.42 Å². The summed E-state index contributed by atoms with van der Waals surface area (Å²) in [5.41, 5.74) is 8.27. The van der Waals surface area contributed by atoms with Crippen LogP contribution in [0.4, 0.5) is 0 Å². The maximum Gasteiger partial charge on any atom is -0.0000888 e. The normalized spacial score (nSPS) is 12.6. The minimum Gasteiger partial charge on any atom is -0.0616 e. The minimum atomic E-state index is 0.941. The zero-order valence-corrected chi connectivity index (χ0v) is 23.6. The Labute approximate surface area is 249 Å². The highest BCUT2D eigenvalue weighted by molar-refractivity contribution is 6.28. The molecule has 198 valence electrons. The summed E-state index contributed by atoms with van der Waals surface area (Å²) in [6.45, 7) is 0. The zero-order valence-electron chi connectivity index (χ0n) is 23.6. The zero-order chi connectivity index (χ0) is 28.1. The fourth-order valence-corrected chi connectivity index (χ4v) is 8.06. The van der Waals surface area contributed by atoms with E-state index in [0.717, 1.165) is 6.42 Å². The Morgan fingerprint density at radius 1 is 0.279 bits per heavy atom. The second kappa shape index (κ2) is 8.53. The molecule has 0 amide bonds. The van der Waals surface area contributed by atoms with Gasteiger partial charge in [0.05, 0.1) is 0 Å². The van der Waals surface area contributed by atoms with Crippen molar-refractivity contribution in [3.8, 4) is 22.3 Å². The summed E-state index contributed by atoms with van der Waals surface area (Å²) in [6, 6.07) is 54.3. The van der Waals surface area contributed by atoms with Gasteiger partial charge < -0.3 is 0 Å². The van der Waals surface area contributed by atoms with E-state index in [0.29, 0.717) is 0 Å². The number of hydrogen-bond donors (Lipinski definition) is 0. The van der Waals surface area contributed by atoms with Crippen LogP contribution in [0, 0.1) is 0 Å². The molecule has 0 saturated heterocycles. The van der Waals surface area contributed by atoms with Gasteiger partial charge >= 0.3 is 0 Å². The first kappa shape index (κ1) is 23.1. The van der Waals surface area contributed by atoms with Crippen LogP contribution in [0.3, 0.4) is 0 Å². The van der Waals surface area contributed by atoms with E-state index in [-0.39, 0.29) is 0 Å². The highest BCUT2D eigenvalue weighted by Crippen LogP contribution is 2.48. The summed E-state index contributed by atoms with van der Waals surface area (Å²) in [4.78, 5) is 0. The van der Waals surface area contributed by atoms with Crippen LogP contribution in [0.25, 0.3) is 86.9 Å². The molecule has 0 saturated carbocycles. The molecule has 0 fully saturated rings. The molecule has 0 heteroatoms. The van der Waals surface area contributed by atoms with Crippen LogP contribution in [0.5, 0.6) is 0 Å². The third kappa shape index (κ3) is 3.10. The molecular weight excluding hydrogens is 516 g/mol. The van der Waals surface area contributed by atoms with Crippen LogP contribution in [0.2, 0.25) is 0 Å². The second-order valence-electron chi connectivity index (χ2n) is 12.0. The molecule has 9 aromatic carbocycles. The van der Waals surface area contributed by atoms with Crippen molar-refractivity contribution in [2.75, 3.05) is 0 Å². The van der Waals surface area contributed by atoms with Gasteiger partial charge in [-0.2, -0.15) is 0 Å².